The van der Waals surface area contributed by atoms with Gasteiger partial charge in [-0.25, -0.2) is 0 Å². The molecule has 0 bridgehead atoms. The minimum absolute atomic E-state index is 0.833. The van der Waals surface area contributed by atoms with Crippen LogP contribution in [0.5, 0.6) is 0 Å². The molecule has 40 heavy (non-hydrogen) atoms. The molecule has 0 aliphatic carbocycles. The number of hydrogen-bond acceptors (Lipinski definition) is 1. The van der Waals surface area contributed by atoms with Crippen molar-refractivity contribution in [2.24, 2.45) is 0 Å². The Kier molecular flexibility index (Phi) is 107. The van der Waals surface area contributed by atoms with Gasteiger partial charge in [0, 0.05) is 6.92 Å². The normalized spacial score (nSPS) is 8.72. The quantitative estimate of drug-likeness (QED) is 0.165. The van der Waals surface area contributed by atoms with E-state index in [1.807, 2.05) is 0 Å². The zero-order chi connectivity index (χ0) is 32.5. The van der Waals surface area contributed by atoms with Crippen molar-refractivity contribution in [3.05, 3.63) is 0 Å². The lowest BCUT2D eigenvalue weighted by atomic mass is 10.2. The number of carbonyl (C=O) groups is 1. The fraction of sp³-hybridized carbons (Fsp3) is 0.974. The summed E-state index contributed by atoms with van der Waals surface area (Å²) in [7, 11) is 0. The summed E-state index contributed by atoms with van der Waals surface area (Å²) in [4.78, 5) is 9.00. The van der Waals surface area contributed by atoms with Crippen LogP contribution in [0.15, 0.2) is 0 Å². The van der Waals surface area contributed by atoms with Gasteiger partial charge in [-0.15, -0.1) is 0 Å². The van der Waals surface area contributed by atoms with E-state index in [0.29, 0.717) is 0 Å². The van der Waals surface area contributed by atoms with Gasteiger partial charge in [0.25, 0.3) is 5.97 Å². The predicted octanol–water partition coefficient (Wildman–Crippen LogP) is 15.6. The van der Waals surface area contributed by atoms with Crippen LogP contribution in [-0.4, -0.2) is 11.1 Å². The second-order valence-corrected chi connectivity index (χ2v) is 10.8. The highest BCUT2D eigenvalue weighted by Crippen LogP contribution is 1.98. The van der Waals surface area contributed by atoms with Gasteiger partial charge in [-0.2, -0.15) is 0 Å². The van der Waals surface area contributed by atoms with Crippen molar-refractivity contribution in [3.8, 4) is 0 Å². The average molecular weight is 577 g/mol. The number of unbranched alkanes of at least 4 members (excludes halogenated alkanes) is 18. The summed E-state index contributed by atoms with van der Waals surface area (Å²) in [5.74, 6) is -0.833. The molecule has 0 radical (unpaired) electrons. The molecule has 0 unspecified atom stereocenters. The van der Waals surface area contributed by atoms with Gasteiger partial charge in [0.15, 0.2) is 0 Å². The number of aliphatic carboxylic acids is 1. The molecule has 0 heterocycles. The van der Waals surface area contributed by atoms with Crippen molar-refractivity contribution in [3.63, 3.8) is 0 Å². The van der Waals surface area contributed by atoms with Crippen molar-refractivity contribution in [2.45, 2.75) is 244 Å². The first-order chi connectivity index (χ1) is 19.2. The van der Waals surface area contributed by atoms with E-state index in [0.717, 1.165) is 6.92 Å². The smallest absolute Gasteiger partial charge is 0.300 e. The summed E-state index contributed by atoms with van der Waals surface area (Å²) < 4.78 is 0. The molecule has 1 N–H and O–H groups in total. The summed E-state index contributed by atoms with van der Waals surface area (Å²) in [5.41, 5.74) is 0. The van der Waals surface area contributed by atoms with Crippen LogP contribution in [0.25, 0.3) is 0 Å². The topological polar surface area (TPSA) is 37.3 Å². The van der Waals surface area contributed by atoms with Gasteiger partial charge in [-0.05, 0) is 0 Å². The van der Waals surface area contributed by atoms with Crippen LogP contribution in [-0.2, 0) is 4.79 Å². The Labute approximate surface area is 259 Å². The molecule has 0 saturated carbocycles. The maximum Gasteiger partial charge on any atom is 0.300 e. The van der Waals surface area contributed by atoms with E-state index in [-0.39, 0.29) is 0 Å². The van der Waals surface area contributed by atoms with Crippen LogP contribution >= 0.6 is 0 Å². The molecule has 0 aliphatic heterocycles. The molecule has 0 atom stereocenters. The Morgan fingerprint density at radius 3 is 0.375 bits per heavy atom. The number of rotatable bonds is 18. The minimum atomic E-state index is -0.833. The molecule has 0 spiro atoms. The molecule has 252 valence electrons. The van der Waals surface area contributed by atoms with Gasteiger partial charge in [0.2, 0.25) is 0 Å². The van der Waals surface area contributed by atoms with Crippen LogP contribution in [0.4, 0.5) is 0 Å². The Balaban J connectivity index is -0.0000000637. The first kappa shape index (κ1) is 55.4. The predicted molar refractivity (Wildman–Crippen MR) is 192 cm³/mol. The van der Waals surface area contributed by atoms with E-state index >= 15 is 0 Å². The highest BCUT2D eigenvalue weighted by molar-refractivity contribution is 5.62. The van der Waals surface area contributed by atoms with E-state index in [1.54, 1.807) is 0 Å². The lowest BCUT2D eigenvalue weighted by Gasteiger charge is -1.86. The van der Waals surface area contributed by atoms with E-state index in [4.69, 9.17) is 9.90 Å². The van der Waals surface area contributed by atoms with Crippen LogP contribution in [0, 0.1) is 0 Å². The lowest BCUT2D eigenvalue weighted by molar-refractivity contribution is -0.134. The average Bonchev–Trinajstić information content (AvgIpc) is 2.96. The Morgan fingerprint density at radius 2 is 0.350 bits per heavy atom. The lowest BCUT2D eigenvalue weighted by Crippen LogP contribution is -1.78. The Hall–Kier alpha value is -0.530. The van der Waals surface area contributed by atoms with E-state index in [9.17, 15) is 0 Å². The molecule has 0 amide bonds. The number of carboxylic acid groups (broad SMARTS) is 1. The van der Waals surface area contributed by atoms with Crippen LogP contribution in [0.1, 0.15) is 244 Å². The summed E-state index contributed by atoms with van der Waals surface area (Å²) >= 11 is 0. The van der Waals surface area contributed by atoms with Crippen molar-refractivity contribution in [1.82, 2.24) is 0 Å². The molecule has 2 heteroatoms. The van der Waals surface area contributed by atoms with Gasteiger partial charge in [0.1, 0.15) is 0 Å². The standard InChI is InChI=1S/6C6H14.C2H4O2/c6*1-3-5-6-4-2;1-2(3)4/h6*3-6H2,1-2H3;1H3,(H,3,4). The Morgan fingerprint density at radius 1 is 0.300 bits per heavy atom. The summed E-state index contributed by atoms with van der Waals surface area (Å²) in [5, 5.41) is 7.42. The molecule has 0 aliphatic rings. The third-order valence-corrected chi connectivity index (χ3v) is 5.74. The maximum absolute atomic E-state index is 9.00. The van der Waals surface area contributed by atoms with Gasteiger partial charge in [0.05, 0.1) is 0 Å². The van der Waals surface area contributed by atoms with E-state index in [2.05, 4.69) is 83.1 Å². The molecule has 0 aromatic rings. The van der Waals surface area contributed by atoms with Gasteiger partial charge in [-0.1, -0.05) is 237 Å². The molecular formula is C38H88O2. The fourth-order valence-corrected chi connectivity index (χ4v) is 3.00. The summed E-state index contributed by atoms with van der Waals surface area (Å²) in [6, 6.07) is 0. The number of hydrogen-bond donors (Lipinski definition) is 1. The van der Waals surface area contributed by atoms with Crippen molar-refractivity contribution in [1.29, 1.82) is 0 Å². The minimum Gasteiger partial charge on any atom is -0.481 e. The molecule has 0 aromatic heterocycles. The molecule has 2 nitrogen and oxygen atoms in total. The Bertz CT molecular complexity index is 212. The first-order valence-corrected chi connectivity index (χ1v) is 18.4. The monoisotopic (exact) mass is 577 g/mol. The van der Waals surface area contributed by atoms with Crippen molar-refractivity contribution < 1.29 is 9.90 Å². The SMILES string of the molecule is CC(=O)O.CCCCCC.CCCCCC.CCCCCC.CCCCCC.CCCCCC.CCCCCC. The van der Waals surface area contributed by atoms with Crippen LogP contribution in [0.3, 0.4) is 0 Å². The van der Waals surface area contributed by atoms with Gasteiger partial charge in [-0.3, -0.25) is 4.79 Å². The third kappa shape index (κ3) is 163. The zero-order valence-corrected chi connectivity index (χ0v) is 31.3. The van der Waals surface area contributed by atoms with Crippen LogP contribution in [0.2, 0.25) is 0 Å². The van der Waals surface area contributed by atoms with Gasteiger partial charge >= 0.3 is 0 Å². The van der Waals surface area contributed by atoms with Gasteiger partial charge < -0.3 is 5.11 Å². The van der Waals surface area contributed by atoms with E-state index < -0.39 is 5.97 Å². The van der Waals surface area contributed by atoms with Crippen molar-refractivity contribution in [2.75, 3.05) is 0 Å². The fourth-order valence-electron chi connectivity index (χ4n) is 3.00. The summed E-state index contributed by atoms with van der Waals surface area (Å²) in [6.07, 6.45) is 33.2. The second-order valence-electron chi connectivity index (χ2n) is 10.8. The molecule has 0 fully saturated rings. The zero-order valence-electron chi connectivity index (χ0n) is 31.3. The number of carboxylic acids is 1. The molecule has 0 aromatic carbocycles. The molecular weight excluding hydrogens is 488 g/mol. The first-order valence-electron chi connectivity index (χ1n) is 18.4. The third-order valence-electron chi connectivity index (χ3n) is 5.74. The summed E-state index contributed by atoms with van der Waals surface area (Å²) in [6.45, 7) is 27.9. The van der Waals surface area contributed by atoms with Crippen LogP contribution < -0.4 is 0 Å². The molecule has 0 saturated heterocycles. The molecule has 0 rings (SSSR count). The largest absolute Gasteiger partial charge is 0.481 e. The maximum atomic E-state index is 9.00. The van der Waals surface area contributed by atoms with E-state index in [1.165, 1.54) is 154 Å². The highest BCUT2D eigenvalue weighted by Gasteiger charge is 1.78. The highest BCUT2D eigenvalue weighted by atomic mass is 16.4. The second kappa shape index (κ2) is 77.1. The van der Waals surface area contributed by atoms with Crippen molar-refractivity contribution >= 4 is 5.97 Å².